The third-order valence-electron chi connectivity index (χ3n) is 4.48. The van der Waals surface area contributed by atoms with Crippen molar-refractivity contribution < 1.29 is 0 Å². The number of hydrogen-bond acceptors (Lipinski definition) is 4. The molecule has 128 valence electrons. The van der Waals surface area contributed by atoms with Crippen LogP contribution in [0.5, 0.6) is 0 Å². The molecule has 0 aliphatic rings. The van der Waals surface area contributed by atoms with Crippen molar-refractivity contribution in [3.63, 3.8) is 0 Å². The molecule has 1 N–H and O–H groups in total. The number of rotatable bonds is 3. The maximum atomic E-state index is 4.65. The molecule has 0 bridgehead atoms. The van der Waals surface area contributed by atoms with Crippen LogP contribution in [0, 0.1) is 0 Å². The van der Waals surface area contributed by atoms with Crippen LogP contribution in [0.25, 0.3) is 44.9 Å². The van der Waals surface area contributed by atoms with Gasteiger partial charge in [0, 0.05) is 23.5 Å². The van der Waals surface area contributed by atoms with Crippen LogP contribution in [-0.4, -0.2) is 25.1 Å². The molecule has 2 heterocycles. The third-order valence-corrected chi connectivity index (χ3v) is 4.48. The van der Waals surface area contributed by atoms with Crippen molar-refractivity contribution in [3.8, 4) is 33.9 Å². The van der Waals surface area contributed by atoms with Crippen LogP contribution in [0.15, 0.2) is 85.2 Å². The molecular formula is C22H15N5. The molecule has 0 atom stereocenters. The van der Waals surface area contributed by atoms with E-state index in [9.17, 15) is 0 Å². The Labute approximate surface area is 155 Å². The summed E-state index contributed by atoms with van der Waals surface area (Å²) in [6, 6.07) is 24.5. The Morgan fingerprint density at radius 2 is 1.26 bits per heavy atom. The summed E-state index contributed by atoms with van der Waals surface area (Å²) in [4.78, 5) is 13.3. The minimum absolute atomic E-state index is 0.643. The van der Waals surface area contributed by atoms with Crippen molar-refractivity contribution in [2.24, 2.45) is 0 Å². The molecule has 3 aromatic carbocycles. The smallest absolute Gasteiger partial charge is 0.181 e. The number of nitrogens with one attached hydrogen (secondary N) is 1. The van der Waals surface area contributed by atoms with Gasteiger partial charge >= 0.3 is 0 Å². The van der Waals surface area contributed by atoms with E-state index in [1.807, 2.05) is 36.4 Å². The third kappa shape index (κ3) is 2.95. The molecule has 5 aromatic rings. The average Bonchev–Trinajstić information content (AvgIpc) is 3.24. The average molecular weight is 349 g/mol. The zero-order valence-electron chi connectivity index (χ0n) is 14.4. The van der Waals surface area contributed by atoms with Crippen molar-refractivity contribution in [1.82, 2.24) is 25.1 Å². The Morgan fingerprint density at radius 1 is 0.593 bits per heavy atom. The number of benzene rings is 3. The first-order valence-corrected chi connectivity index (χ1v) is 8.66. The molecule has 0 aliphatic carbocycles. The Balaban J connectivity index is 1.46. The molecular weight excluding hydrogens is 334 g/mol. The summed E-state index contributed by atoms with van der Waals surface area (Å²) >= 11 is 0. The van der Waals surface area contributed by atoms with Crippen molar-refractivity contribution in [3.05, 3.63) is 85.2 Å². The first-order valence-electron chi connectivity index (χ1n) is 8.66. The summed E-state index contributed by atoms with van der Waals surface area (Å²) < 4.78 is 0. The molecule has 0 aliphatic heterocycles. The van der Waals surface area contributed by atoms with Crippen LogP contribution < -0.4 is 0 Å². The fourth-order valence-electron chi connectivity index (χ4n) is 3.07. The van der Waals surface area contributed by atoms with Gasteiger partial charge in [-0.1, -0.05) is 54.6 Å². The van der Waals surface area contributed by atoms with E-state index >= 15 is 0 Å². The van der Waals surface area contributed by atoms with Gasteiger partial charge in [0.1, 0.15) is 0 Å². The maximum Gasteiger partial charge on any atom is 0.181 e. The van der Waals surface area contributed by atoms with Crippen molar-refractivity contribution in [2.75, 3.05) is 0 Å². The van der Waals surface area contributed by atoms with E-state index in [1.54, 1.807) is 12.4 Å². The summed E-state index contributed by atoms with van der Waals surface area (Å²) in [5.74, 6) is 1.38. The number of aromatic nitrogens is 5. The zero-order chi connectivity index (χ0) is 18.1. The summed E-state index contributed by atoms with van der Waals surface area (Å²) in [5.41, 5.74) is 5.95. The first-order chi connectivity index (χ1) is 13.4. The Morgan fingerprint density at radius 3 is 2.07 bits per heavy atom. The molecule has 0 amide bonds. The lowest BCUT2D eigenvalue weighted by atomic mass is 10.0. The summed E-state index contributed by atoms with van der Waals surface area (Å²) in [7, 11) is 0. The van der Waals surface area contributed by atoms with E-state index in [4.69, 9.17) is 0 Å². The van der Waals surface area contributed by atoms with Crippen LogP contribution in [0.2, 0.25) is 0 Å². The lowest BCUT2D eigenvalue weighted by Gasteiger charge is -2.02. The Bertz CT molecular complexity index is 1210. The largest absolute Gasteiger partial charge is 0.259 e. The standard InChI is InChI=1S/C22H15N5/c1-2-4-15(5-3-1)16-6-8-17(9-7-16)21-25-22(27-26-21)18-10-11-19-20(14-18)24-13-12-23-19/h1-14H,(H,25,26,27). The van der Waals surface area contributed by atoms with Crippen LogP contribution >= 0.6 is 0 Å². The van der Waals surface area contributed by atoms with Crippen molar-refractivity contribution in [1.29, 1.82) is 0 Å². The van der Waals surface area contributed by atoms with Crippen LogP contribution in [0.4, 0.5) is 0 Å². The van der Waals surface area contributed by atoms with E-state index in [1.165, 1.54) is 11.1 Å². The summed E-state index contributed by atoms with van der Waals surface area (Å²) in [5, 5.41) is 7.40. The normalized spacial score (nSPS) is 11.0. The highest BCUT2D eigenvalue weighted by Crippen LogP contribution is 2.25. The lowest BCUT2D eigenvalue weighted by Crippen LogP contribution is -1.85. The second-order valence-corrected chi connectivity index (χ2v) is 6.21. The number of hydrogen-bond donors (Lipinski definition) is 1. The number of aromatic amines is 1. The monoisotopic (exact) mass is 349 g/mol. The minimum Gasteiger partial charge on any atom is -0.259 e. The highest BCUT2D eigenvalue weighted by atomic mass is 15.2. The fraction of sp³-hybridized carbons (Fsp3) is 0. The van der Waals surface area contributed by atoms with Gasteiger partial charge in [-0.25, -0.2) is 4.98 Å². The second-order valence-electron chi connectivity index (χ2n) is 6.21. The van der Waals surface area contributed by atoms with E-state index in [2.05, 4.69) is 61.5 Å². The number of nitrogens with zero attached hydrogens (tertiary/aromatic N) is 4. The topological polar surface area (TPSA) is 67.3 Å². The van der Waals surface area contributed by atoms with Gasteiger partial charge in [-0.15, -0.1) is 0 Å². The molecule has 5 heteroatoms. The molecule has 2 aromatic heterocycles. The van der Waals surface area contributed by atoms with E-state index < -0.39 is 0 Å². The van der Waals surface area contributed by atoms with Gasteiger partial charge in [-0.2, -0.15) is 5.10 Å². The molecule has 5 rings (SSSR count). The predicted molar refractivity (Wildman–Crippen MR) is 106 cm³/mol. The summed E-state index contributed by atoms with van der Waals surface area (Å²) in [6.45, 7) is 0. The van der Waals surface area contributed by atoms with Gasteiger partial charge in [-0.3, -0.25) is 15.1 Å². The van der Waals surface area contributed by atoms with Gasteiger partial charge in [0.05, 0.1) is 11.0 Å². The predicted octanol–water partition coefficient (Wildman–Crippen LogP) is 4.75. The molecule has 0 spiro atoms. The first kappa shape index (κ1) is 15.4. The van der Waals surface area contributed by atoms with Crippen LogP contribution in [0.1, 0.15) is 0 Å². The quantitative estimate of drug-likeness (QED) is 0.510. The molecule has 0 fully saturated rings. The molecule has 27 heavy (non-hydrogen) atoms. The highest BCUT2D eigenvalue weighted by Gasteiger charge is 2.09. The number of fused-ring (bicyclic) bond motifs is 1. The Kier molecular flexibility index (Phi) is 3.68. The highest BCUT2D eigenvalue weighted by molar-refractivity contribution is 5.79. The van der Waals surface area contributed by atoms with Gasteiger partial charge < -0.3 is 0 Å². The van der Waals surface area contributed by atoms with Gasteiger partial charge in [0.25, 0.3) is 0 Å². The van der Waals surface area contributed by atoms with E-state index in [0.717, 1.165) is 28.0 Å². The molecule has 0 unspecified atom stereocenters. The van der Waals surface area contributed by atoms with Gasteiger partial charge in [0.15, 0.2) is 11.6 Å². The van der Waals surface area contributed by atoms with Crippen molar-refractivity contribution in [2.45, 2.75) is 0 Å². The SMILES string of the molecule is c1ccc(-c2ccc(-c3nc(-c4ccc5nccnc5c4)n[nH]3)cc2)cc1. The van der Waals surface area contributed by atoms with Crippen LogP contribution in [-0.2, 0) is 0 Å². The minimum atomic E-state index is 0.643. The van der Waals surface area contributed by atoms with E-state index in [0.29, 0.717) is 5.82 Å². The number of H-pyrrole nitrogens is 1. The van der Waals surface area contributed by atoms with Gasteiger partial charge in [-0.05, 0) is 29.3 Å². The lowest BCUT2D eigenvalue weighted by molar-refractivity contribution is 1.10. The van der Waals surface area contributed by atoms with Crippen LogP contribution in [0.3, 0.4) is 0 Å². The van der Waals surface area contributed by atoms with E-state index in [-0.39, 0.29) is 0 Å². The molecule has 0 radical (unpaired) electrons. The zero-order valence-corrected chi connectivity index (χ0v) is 14.4. The molecule has 5 nitrogen and oxygen atoms in total. The molecule has 0 saturated carbocycles. The van der Waals surface area contributed by atoms with Crippen molar-refractivity contribution >= 4 is 11.0 Å². The Hall–Kier alpha value is -3.86. The van der Waals surface area contributed by atoms with Gasteiger partial charge in [0.2, 0.25) is 0 Å². The summed E-state index contributed by atoms with van der Waals surface area (Å²) in [6.07, 6.45) is 3.37. The maximum absolute atomic E-state index is 4.65. The fourth-order valence-corrected chi connectivity index (χ4v) is 3.07. The second kappa shape index (κ2) is 6.46. The molecule has 0 saturated heterocycles.